The fourth-order valence-corrected chi connectivity index (χ4v) is 3.18. The number of ether oxygens (including phenoxy) is 1. The minimum Gasteiger partial charge on any atom is -0.493 e. The molecule has 0 aliphatic carbocycles. The van der Waals surface area contributed by atoms with Crippen LogP contribution in [-0.4, -0.2) is 30.6 Å². The number of aromatic nitrogens is 1. The molecule has 0 radical (unpaired) electrons. The number of hydrogen-bond acceptors (Lipinski definition) is 4. The van der Waals surface area contributed by atoms with Crippen LogP contribution in [0.2, 0.25) is 0 Å². The number of nitrogens with one attached hydrogen (secondary N) is 1. The summed E-state index contributed by atoms with van der Waals surface area (Å²) in [6.45, 7) is 7.17. The predicted octanol–water partition coefficient (Wildman–Crippen LogP) is 3.11. The highest BCUT2D eigenvalue weighted by Crippen LogP contribution is 2.33. The molecule has 1 atom stereocenters. The number of benzene rings is 1. The molecule has 2 aromatic rings. The Bertz CT molecular complexity index is 711. The van der Waals surface area contributed by atoms with Gasteiger partial charge in [-0.25, -0.2) is 4.98 Å². The van der Waals surface area contributed by atoms with Crippen LogP contribution in [0.1, 0.15) is 37.3 Å². The molecule has 5 nitrogen and oxygen atoms in total. The maximum absolute atomic E-state index is 12.6. The van der Waals surface area contributed by atoms with Crippen LogP contribution in [0.15, 0.2) is 42.6 Å². The van der Waals surface area contributed by atoms with E-state index in [2.05, 4.69) is 29.0 Å². The van der Waals surface area contributed by atoms with Crippen molar-refractivity contribution >= 4 is 11.7 Å². The van der Waals surface area contributed by atoms with Crippen LogP contribution in [0.5, 0.6) is 5.75 Å². The van der Waals surface area contributed by atoms with E-state index in [-0.39, 0.29) is 11.8 Å². The average Bonchev–Trinajstić information content (AvgIpc) is 2.67. The molecule has 1 amide bonds. The Hall–Kier alpha value is -2.56. The van der Waals surface area contributed by atoms with Crippen LogP contribution in [0, 0.1) is 0 Å². The number of fused-ring (bicyclic) bond motifs is 1. The Morgan fingerprint density at radius 1 is 1.24 bits per heavy atom. The van der Waals surface area contributed by atoms with E-state index in [4.69, 9.17) is 4.74 Å². The van der Waals surface area contributed by atoms with Crippen LogP contribution in [0.3, 0.4) is 0 Å². The third-order valence-corrected chi connectivity index (χ3v) is 4.64. The third kappa shape index (κ3) is 3.92. The molecule has 0 bridgehead atoms. The molecule has 25 heavy (non-hydrogen) atoms. The highest BCUT2D eigenvalue weighted by Gasteiger charge is 2.27. The summed E-state index contributed by atoms with van der Waals surface area (Å²) >= 11 is 0. The van der Waals surface area contributed by atoms with E-state index >= 15 is 0 Å². The molecule has 0 saturated carbocycles. The first-order valence-corrected chi connectivity index (χ1v) is 8.92. The largest absolute Gasteiger partial charge is 0.493 e. The molecule has 3 rings (SSSR count). The van der Waals surface area contributed by atoms with Gasteiger partial charge in [-0.2, -0.15) is 0 Å². The Balaban J connectivity index is 1.61. The number of nitrogens with zero attached hydrogens (tertiary/aromatic N) is 2. The molecule has 0 unspecified atom stereocenters. The number of para-hydroxylation sites is 1. The van der Waals surface area contributed by atoms with Crippen molar-refractivity contribution in [2.45, 2.75) is 32.7 Å². The second kappa shape index (κ2) is 8.01. The number of pyridine rings is 1. The lowest BCUT2D eigenvalue weighted by atomic mass is 9.92. The van der Waals surface area contributed by atoms with Gasteiger partial charge >= 0.3 is 0 Å². The van der Waals surface area contributed by atoms with Gasteiger partial charge in [0.1, 0.15) is 11.6 Å². The summed E-state index contributed by atoms with van der Waals surface area (Å²) in [6, 6.07) is 11.8. The van der Waals surface area contributed by atoms with Gasteiger partial charge in [-0.3, -0.25) is 4.79 Å². The van der Waals surface area contributed by atoms with E-state index in [9.17, 15) is 4.79 Å². The Kier molecular flexibility index (Phi) is 5.53. The maximum Gasteiger partial charge on any atom is 0.228 e. The minimum atomic E-state index is -0.146. The van der Waals surface area contributed by atoms with Crippen molar-refractivity contribution in [2.24, 2.45) is 0 Å². The van der Waals surface area contributed by atoms with Crippen molar-refractivity contribution in [3.8, 4) is 5.75 Å². The first-order chi connectivity index (χ1) is 12.2. The van der Waals surface area contributed by atoms with Crippen molar-refractivity contribution < 1.29 is 9.53 Å². The summed E-state index contributed by atoms with van der Waals surface area (Å²) in [5.41, 5.74) is 1.98. The number of rotatable bonds is 6. The summed E-state index contributed by atoms with van der Waals surface area (Å²) in [5.74, 6) is 1.69. The van der Waals surface area contributed by atoms with Gasteiger partial charge in [0.25, 0.3) is 0 Å². The highest BCUT2D eigenvalue weighted by molar-refractivity contribution is 5.84. The van der Waals surface area contributed by atoms with Crippen molar-refractivity contribution in [3.63, 3.8) is 0 Å². The van der Waals surface area contributed by atoms with Crippen molar-refractivity contribution in [1.29, 1.82) is 0 Å². The smallest absolute Gasteiger partial charge is 0.228 e. The quantitative estimate of drug-likeness (QED) is 0.879. The van der Waals surface area contributed by atoms with Gasteiger partial charge < -0.3 is 15.0 Å². The summed E-state index contributed by atoms with van der Waals surface area (Å²) in [6.07, 6.45) is 2.55. The van der Waals surface area contributed by atoms with Crippen LogP contribution in [0.4, 0.5) is 5.82 Å². The first kappa shape index (κ1) is 17.3. The molecule has 5 heteroatoms. The topological polar surface area (TPSA) is 54.5 Å². The highest BCUT2D eigenvalue weighted by atomic mass is 16.5. The second-order valence-corrected chi connectivity index (χ2v) is 6.14. The molecule has 132 valence electrons. The van der Waals surface area contributed by atoms with Crippen molar-refractivity contribution in [1.82, 2.24) is 10.3 Å². The van der Waals surface area contributed by atoms with E-state index in [0.717, 1.165) is 35.8 Å². The van der Waals surface area contributed by atoms with E-state index in [1.54, 1.807) is 0 Å². The number of amides is 1. The zero-order chi connectivity index (χ0) is 17.6. The normalized spacial score (nSPS) is 15.8. The number of hydrogen-bond donors (Lipinski definition) is 1. The van der Waals surface area contributed by atoms with Crippen molar-refractivity contribution in [2.75, 3.05) is 24.6 Å². The summed E-state index contributed by atoms with van der Waals surface area (Å²) in [7, 11) is 0. The predicted molar refractivity (Wildman–Crippen MR) is 98.9 cm³/mol. The van der Waals surface area contributed by atoms with Crippen LogP contribution in [-0.2, 0) is 11.3 Å². The van der Waals surface area contributed by atoms with Crippen LogP contribution >= 0.6 is 0 Å². The molecular formula is C20H25N3O2. The molecule has 2 heterocycles. The molecule has 1 N–H and O–H groups in total. The molecule has 0 saturated heterocycles. The lowest BCUT2D eigenvalue weighted by Gasteiger charge is -2.25. The zero-order valence-corrected chi connectivity index (χ0v) is 14.9. The van der Waals surface area contributed by atoms with Crippen LogP contribution < -0.4 is 15.0 Å². The number of carbonyl (C=O) groups is 1. The van der Waals surface area contributed by atoms with Gasteiger partial charge in [0.2, 0.25) is 5.91 Å². The average molecular weight is 339 g/mol. The lowest BCUT2D eigenvalue weighted by Crippen LogP contribution is -2.32. The number of carbonyl (C=O) groups excluding carboxylic acids is 1. The Morgan fingerprint density at radius 3 is 2.76 bits per heavy atom. The first-order valence-electron chi connectivity index (χ1n) is 8.92. The lowest BCUT2D eigenvalue weighted by molar-refractivity contribution is -0.123. The molecular weight excluding hydrogens is 314 g/mol. The van der Waals surface area contributed by atoms with E-state index in [1.807, 2.05) is 42.6 Å². The molecule has 0 fully saturated rings. The summed E-state index contributed by atoms with van der Waals surface area (Å²) < 4.78 is 5.63. The Morgan fingerprint density at radius 2 is 2.04 bits per heavy atom. The van der Waals surface area contributed by atoms with Gasteiger partial charge in [0, 0.05) is 31.4 Å². The minimum absolute atomic E-state index is 0.0450. The SMILES string of the molecule is CCN(CC)c1ccc(CNC(=O)[C@H]2CCOc3ccccc32)cn1. The van der Waals surface area contributed by atoms with E-state index in [1.165, 1.54) is 0 Å². The Labute approximate surface area is 149 Å². The maximum atomic E-state index is 12.6. The van der Waals surface area contributed by atoms with E-state index < -0.39 is 0 Å². The zero-order valence-electron chi connectivity index (χ0n) is 14.9. The molecule has 1 aromatic heterocycles. The third-order valence-electron chi connectivity index (χ3n) is 4.64. The second-order valence-electron chi connectivity index (χ2n) is 6.14. The fourth-order valence-electron chi connectivity index (χ4n) is 3.18. The van der Waals surface area contributed by atoms with Crippen LogP contribution in [0.25, 0.3) is 0 Å². The van der Waals surface area contributed by atoms with Crippen molar-refractivity contribution in [3.05, 3.63) is 53.7 Å². The fraction of sp³-hybridized carbons (Fsp3) is 0.400. The number of anilines is 1. The van der Waals surface area contributed by atoms with Gasteiger partial charge in [-0.05, 0) is 38.0 Å². The van der Waals surface area contributed by atoms with Gasteiger partial charge in [0.05, 0.1) is 12.5 Å². The monoisotopic (exact) mass is 339 g/mol. The summed E-state index contributed by atoms with van der Waals surface area (Å²) in [5, 5.41) is 3.04. The van der Waals surface area contributed by atoms with Gasteiger partial charge in [-0.15, -0.1) is 0 Å². The molecule has 1 aliphatic heterocycles. The standard InChI is InChI=1S/C20H25N3O2/c1-3-23(4-2)19-10-9-15(13-21-19)14-22-20(24)17-11-12-25-18-8-6-5-7-16(17)18/h5-10,13,17H,3-4,11-12,14H2,1-2H3,(H,22,24)/t17-/m0/s1. The molecule has 1 aliphatic rings. The summed E-state index contributed by atoms with van der Waals surface area (Å²) in [4.78, 5) is 19.3. The molecule has 0 spiro atoms. The van der Waals surface area contributed by atoms with Gasteiger partial charge in [-0.1, -0.05) is 24.3 Å². The molecule has 1 aromatic carbocycles. The van der Waals surface area contributed by atoms with E-state index in [0.29, 0.717) is 19.6 Å². The van der Waals surface area contributed by atoms with Gasteiger partial charge in [0.15, 0.2) is 0 Å².